The lowest BCUT2D eigenvalue weighted by molar-refractivity contribution is 0.387. The Labute approximate surface area is 95.9 Å². The standard InChI is InChI=1S/C9H12O2S3/c1-10-7-4-5-9(13-14-12-3)8(6-7)11-2/h4-6H,1-3H3. The van der Waals surface area contributed by atoms with Gasteiger partial charge in [0.2, 0.25) is 0 Å². The highest BCUT2D eigenvalue weighted by Gasteiger charge is 2.05. The third kappa shape index (κ3) is 3.22. The number of benzene rings is 1. The third-order valence-corrected chi connectivity index (χ3v) is 5.27. The highest BCUT2D eigenvalue weighted by molar-refractivity contribution is 9.09. The zero-order valence-electron chi connectivity index (χ0n) is 8.27. The van der Waals surface area contributed by atoms with E-state index in [9.17, 15) is 0 Å². The molecule has 0 bridgehead atoms. The van der Waals surface area contributed by atoms with E-state index in [4.69, 9.17) is 9.47 Å². The van der Waals surface area contributed by atoms with Crippen molar-refractivity contribution >= 4 is 31.4 Å². The molecule has 1 aromatic carbocycles. The van der Waals surface area contributed by atoms with Crippen LogP contribution in [0.4, 0.5) is 0 Å². The van der Waals surface area contributed by atoms with Crippen molar-refractivity contribution in [1.82, 2.24) is 0 Å². The minimum Gasteiger partial charge on any atom is -0.497 e. The minimum atomic E-state index is 0.820. The van der Waals surface area contributed by atoms with Crippen molar-refractivity contribution in [3.63, 3.8) is 0 Å². The van der Waals surface area contributed by atoms with Crippen LogP contribution in [0.5, 0.6) is 11.5 Å². The summed E-state index contributed by atoms with van der Waals surface area (Å²) < 4.78 is 10.4. The number of methoxy groups -OCH3 is 2. The average Bonchev–Trinajstić information content (AvgIpc) is 2.26. The number of hydrogen-bond acceptors (Lipinski definition) is 5. The fourth-order valence-corrected chi connectivity index (χ4v) is 3.51. The molecule has 0 unspecified atom stereocenters. The van der Waals surface area contributed by atoms with Crippen LogP contribution >= 0.6 is 31.4 Å². The van der Waals surface area contributed by atoms with Crippen LogP contribution in [-0.4, -0.2) is 20.5 Å². The average molecular weight is 248 g/mol. The van der Waals surface area contributed by atoms with Crippen LogP contribution in [0.15, 0.2) is 23.1 Å². The van der Waals surface area contributed by atoms with Gasteiger partial charge in [-0.05, 0) is 39.0 Å². The fourth-order valence-electron chi connectivity index (χ4n) is 0.914. The maximum atomic E-state index is 5.26. The van der Waals surface area contributed by atoms with E-state index >= 15 is 0 Å². The Morgan fingerprint density at radius 3 is 2.50 bits per heavy atom. The van der Waals surface area contributed by atoms with Crippen LogP contribution in [0.1, 0.15) is 0 Å². The van der Waals surface area contributed by atoms with Gasteiger partial charge in [-0.1, -0.05) is 10.8 Å². The summed E-state index contributed by atoms with van der Waals surface area (Å²) >= 11 is 0. The lowest BCUT2D eigenvalue weighted by atomic mass is 10.3. The summed E-state index contributed by atoms with van der Waals surface area (Å²) in [4.78, 5) is 1.12. The van der Waals surface area contributed by atoms with Crippen molar-refractivity contribution in [3.8, 4) is 11.5 Å². The van der Waals surface area contributed by atoms with E-state index in [1.807, 2.05) is 24.5 Å². The van der Waals surface area contributed by atoms with Gasteiger partial charge in [0.15, 0.2) is 0 Å². The lowest BCUT2D eigenvalue weighted by Gasteiger charge is -2.08. The SMILES string of the molecule is COc1ccc(SSSC)c(OC)c1. The van der Waals surface area contributed by atoms with Gasteiger partial charge in [-0.15, -0.1) is 0 Å². The zero-order chi connectivity index (χ0) is 10.4. The molecule has 0 aliphatic carbocycles. The summed E-state index contributed by atoms with van der Waals surface area (Å²) in [6, 6.07) is 5.83. The Morgan fingerprint density at radius 2 is 1.93 bits per heavy atom. The molecule has 0 heterocycles. The lowest BCUT2D eigenvalue weighted by Crippen LogP contribution is -1.88. The van der Waals surface area contributed by atoms with E-state index in [2.05, 4.69) is 0 Å². The van der Waals surface area contributed by atoms with Crippen LogP contribution in [-0.2, 0) is 0 Å². The molecule has 14 heavy (non-hydrogen) atoms. The molecule has 5 heteroatoms. The number of rotatable bonds is 5. The second-order valence-electron chi connectivity index (χ2n) is 2.33. The van der Waals surface area contributed by atoms with Crippen LogP contribution in [0, 0.1) is 0 Å². The molecule has 0 N–H and O–H groups in total. The normalized spacial score (nSPS) is 9.93. The quantitative estimate of drug-likeness (QED) is 0.737. The summed E-state index contributed by atoms with van der Waals surface area (Å²) in [5, 5.41) is 0. The van der Waals surface area contributed by atoms with Crippen molar-refractivity contribution in [3.05, 3.63) is 18.2 Å². The molecule has 1 rings (SSSR count). The zero-order valence-corrected chi connectivity index (χ0v) is 10.7. The first-order chi connectivity index (χ1) is 6.81. The molecule has 0 saturated carbocycles. The molecule has 78 valence electrons. The Morgan fingerprint density at radius 1 is 1.14 bits per heavy atom. The summed E-state index contributed by atoms with van der Waals surface area (Å²) in [7, 11) is 8.45. The number of ether oxygens (including phenoxy) is 2. The van der Waals surface area contributed by atoms with Crippen LogP contribution in [0.2, 0.25) is 0 Å². The Kier molecular flexibility index (Phi) is 5.44. The third-order valence-electron chi connectivity index (χ3n) is 1.56. The topological polar surface area (TPSA) is 18.5 Å². The monoisotopic (exact) mass is 248 g/mol. The van der Waals surface area contributed by atoms with Crippen LogP contribution < -0.4 is 9.47 Å². The van der Waals surface area contributed by atoms with E-state index in [-0.39, 0.29) is 0 Å². The van der Waals surface area contributed by atoms with E-state index in [1.165, 1.54) is 0 Å². The van der Waals surface area contributed by atoms with Gasteiger partial charge in [0.05, 0.1) is 19.1 Å². The second kappa shape index (κ2) is 6.37. The highest BCUT2D eigenvalue weighted by Crippen LogP contribution is 2.43. The molecule has 2 nitrogen and oxygen atoms in total. The minimum absolute atomic E-state index is 0.820. The molecule has 1 aromatic rings. The number of hydrogen-bond donors (Lipinski definition) is 0. The Hall–Kier alpha value is -0.130. The summed E-state index contributed by atoms with van der Waals surface area (Å²) in [6.07, 6.45) is 2.05. The van der Waals surface area contributed by atoms with Gasteiger partial charge in [-0.3, -0.25) is 0 Å². The first kappa shape index (κ1) is 11.9. The van der Waals surface area contributed by atoms with Crippen molar-refractivity contribution < 1.29 is 9.47 Å². The molecule has 0 spiro atoms. The Bertz CT molecular complexity index is 291. The fraction of sp³-hybridized carbons (Fsp3) is 0.333. The van der Waals surface area contributed by atoms with Crippen LogP contribution in [0.3, 0.4) is 0 Å². The smallest absolute Gasteiger partial charge is 0.137 e. The first-order valence-electron chi connectivity index (χ1n) is 3.91. The van der Waals surface area contributed by atoms with Crippen molar-refractivity contribution in [2.45, 2.75) is 4.90 Å². The Balaban J connectivity index is 2.82. The predicted octanol–water partition coefficient (Wildman–Crippen LogP) is 3.72. The van der Waals surface area contributed by atoms with Crippen molar-refractivity contribution in [2.24, 2.45) is 0 Å². The van der Waals surface area contributed by atoms with Gasteiger partial charge in [0.25, 0.3) is 0 Å². The van der Waals surface area contributed by atoms with Gasteiger partial charge in [-0.25, -0.2) is 0 Å². The van der Waals surface area contributed by atoms with E-state index < -0.39 is 0 Å². The van der Waals surface area contributed by atoms with Crippen LogP contribution in [0.25, 0.3) is 0 Å². The molecular formula is C9H12O2S3. The molecule has 0 aliphatic rings. The van der Waals surface area contributed by atoms with Crippen molar-refractivity contribution in [1.29, 1.82) is 0 Å². The van der Waals surface area contributed by atoms with Gasteiger partial charge < -0.3 is 9.47 Å². The second-order valence-corrected chi connectivity index (χ2v) is 6.54. The van der Waals surface area contributed by atoms with Gasteiger partial charge >= 0.3 is 0 Å². The molecule has 0 fully saturated rings. The predicted molar refractivity (Wildman–Crippen MR) is 66.5 cm³/mol. The molecule has 0 amide bonds. The largest absolute Gasteiger partial charge is 0.497 e. The molecule has 0 aromatic heterocycles. The van der Waals surface area contributed by atoms with Gasteiger partial charge in [-0.2, -0.15) is 0 Å². The molecule has 0 aliphatic heterocycles. The highest BCUT2D eigenvalue weighted by atomic mass is 33.5. The summed E-state index contributed by atoms with van der Waals surface area (Å²) in [5.74, 6) is 1.68. The molecular weight excluding hydrogens is 236 g/mol. The summed E-state index contributed by atoms with van der Waals surface area (Å²) in [6.45, 7) is 0. The molecule has 0 saturated heterocycles. The van der Waals surface area contributed by atoms with E-state index in [1.54, 1.807) is 45.6 Å². The van der Waals surface area contributed by atoms with E-state index in [0.29, 0.717) is 0 Å². The molecule has 0 atom stereocenters. The van der Waals surface area contributed by atoms with E-state index in [0.717, 1.165) is 16.4 Å². The van der Waals surface area contributed by atoms with Gasteiger partial charge in [0, 0.05) is 6.07 Å². The van der Waals surface area contributed by atoms with Crippen molar-refractivity contribution in [2.75, 3.05) is 20.5 Å². The first-order valence-corrected chi connectivity index (χ1v) is 7.80. The maximum Gasteiger partial charge on any atom is 0.137 e. The van der Waals surface area contributed by atoms with Gasteiger partial charge in [0.1, 0.15) is 11.5 Å². The summed E-state index contributed by atoms with van der Waals surface area (Å²) in [5.41, 5.74) is 0. The molecule has 0 radical (unpaired) electrons. The maximum absolute atomic E-state index is 5.26.